The normalized spacial score (nSPS) is 26.6. The number of rotatable bonds is 6. The van der Waals surface area contributed by atoms with Crippen molar-refractivity contribution in [2.24, 2.45) is 5.41 Å². The molecule has 0 amide bonds. The van der Waals surface area contributed by atoms with E-state index in [9.17, 15) is 0 Å². The van der Waals surface area contributed by atoms with Gasteiger partial charge >= 0.3 is 0 Å². The second-order valence-electron chi connectivity index (χ2n) is 5.54. The van der Waals surface area contributed by atoms with E-state index in [-0.39, 0.29) is 0 Å². The van der Waals surface area contributed by atoms with Gasteiger partial charge < -0.3 is 10.2 Å². The maximum Gasteiger partial charge on any atom is 0.0107 e. The first-order valence-corrected chi connectivity index (χ1v) is 6.05. The van der Waals surface area contributed by atoms with Gasteiger partial charge in [0.1, 0.15) is 0 Å². The standard InChI is InChI=1S/C12H24N2/c1-10(12(2)6-7-12)13-8-9-14(3)11-4-5-11/h10-11,13H,4-9H2,1-3H3. The van der Waals surface area contributed by atoms with Crippen molar-refractivity contribution in [1.29, 1.82) is 0 Å². The molecule has 1 unspecified atom stereocenters. The molecule has 0 aromatic rings. The Morgan fingerprint density at radius 3 is 2.57 bits per heavy atom. The number of likely N-dealkylation sites (N-methyl/N-ethyl adjacent to an activating group) is 1. The van der Waals surface area contributed by atoms with Crippen LogP contribution in [0, 0.1) is 5.41 Å². The molecule has 2 heteroatoms. The van der Waals surface area contributed by atoms with E-state index >= 15 is 0 Å². The van der Waals surface area contributed by atoms with E-state index in [1.165, 1.54) is 32.2 Å². The Morgan fingerprint density at radius 1 is 1.43 bits per heavy atom. The molecule has 14 heavy (non-hydrogen) atoms. The molecule has 2 aliphatic carbocycles. The van der Waals surface area contributed by atoms with E-state index in [2.05, 4.69) is 31.1 Å². The zero-order valence-corrected chi connectivity index (χ0v) is 9.84. The Balaban J connectivity index is 1.57. The van der Waals surface area contributed by atoms with Gasteiger partial charge in [-0.1, -0.05) is 6.92 Å². The molecular weight excluding hydrogens is 172 g/mol. The Hall–Kier alpha value is -0.0800. The van der Waals surface area contributed by atoms with Gasteiger partial charge in [0, 0.05) is 25.2 Å². The van der Waals surface area contributed by atoms with Crippen molar-refractivity contribution >= 4 is 0 Å². The number of hydrogen-bond acceptors (Lipinski definition) is 2. The van der Waals surface area contributed by atoms with E-state index in [4.69, 9.17) is 0 Å². The fourth-order valence-corrected chi connectivity index (χ4v) is 2.03. The van der Waals surface area contributed by atoms with E-state index in [1.54, 1.807) is 0 Å². The highest BCUT2D eigenvalue weighted by Crippen LogP contribution is 2.47. The van der Waals surface area contributed by atoms with Gasteiger partial charge in [0.15, 0.2) is 0 Å². The highest BCUT2D eigenvalue weighted by atomic mass is 15.2. The van der Waals surface area contributed by atoms with Crippen molar-refractivity contribution in [3.8, 4) is 0 Å². The Labute approximate surface area is 88.1 Å². The molecule has 2 nitrogen and oxygen atoms in total. The van der Waals surface area contributed by atoms with Gasteiger partial charge in [-0.15, -0.1) is 0 Å². The molecule has 0 heterocycles. The monoisotopic (exact) mass is 196 g/mol. The Kier molecular flexibility index (Phi) is 2.85. The van der Waals surface area contributed by atoms with Crippen LogP contribution in [0.1, 0.15) is 39.5 Å². The van der Waals surface area contributed by atoms with Crippen molar-refractivity contribution in [1.82, 2.24) is 10.2 Å². The molecule has 82 valence electrons. The fraction of sp³-hybridized carbons (Fsp3) is 1.00. The zero-order valence-electron chi connectivity index (χ0n) is 9.84. The van der Waals surface area contributed by atoms with Crippen LogP contribution in [0.2, 0.25) is 0 Å². The van der Waals surface area contributed by atoms with Crippen LogP contribution < -0.4 is 5.32 Å². The number of nitrogens with zero attached hydrogens (tertiary/aromatic N) is 1. The van der Waals surface area contributed by atoms with Crippen LogP contribution >= 0.6 is 0 Å². The molecule has 0 aromatic heterocycles. The smallest absolute Gasteiger partial charge is 0.0107 e. The summed E-state index contributed by atoms with van der Waals surface area (Å²) in [6.45, 7) is 7.11. The zero-order chi connectivity index (χ0) is 10.2. The summed E-state index contributed by atoms with van der Waals surface area (Å²) >= 11 is 0. The third kappa shape index (κ3) is 2.48. The van der Waals surface area contributed by atoms with E-state index in [1.807, 2.05) is 0 Å². The topological polar surface area (TPSA) is 15.3 Å². The van der Waals surface area contributed by atoms with Gasteiger partial charge in [-0.25, -0.2) is 0 Å². The maximum atomic E-state index is 3.66. The molecule has 2 fully saturated rings. The van der Waals surface area contributed by atoms with Crippen molar-refractivity contribution in [2.75, 3.05) is 20.1 Å². The van der Waals surface area contributed by atoms with Crippen LogP contribution in [-0.2, 0) is 0 Å². The van der Waals surface area contributed by atoms with Crippen molar-refractivity contribution in [3.63, 3.8) is 0 Å². The fourth-order valence-electron chi connectivity index (χ4n) is 2.03. The first kappa shape index (κ1) is 10.4. The van der Waals surface area contributed by atoms with Gasteiger partial charge in [-0.3, -0.25) is 0 Å². The molecule has 0 aromatic carbocycles. The van der Waals surface area contributed by atoms with Crippen LogP contribution in [0.3, 0.4) is 0 Å². The van der Waals surface area contributed by atoms with Crippen molar-refractivity contribution in [3.05, 3.63) is 0 Å². The lowest BCUT2D eigenvalue weighted by molar-refractivity contribution is 0.298. The van der Waals surface area contributed by atoms with Gasteiger partial charge in [-0.05, 0) is 45.1 Å². The summed E-state index contributed by atoms with van der Waals surface area (Å²) in [7, 11) is 2.25. The number of nitrogens with one attached hydrogen (secondary N) is 1. The molecule has 0 radical (unpaired) electrons. The van der Waals surface area contributed by atoms with Gasteiger partial charge in [0.25, 0.3) is 0 Å². The van der Waals surface area contributed by atoms with Crippen LogP contribution in [-0.4, -0.2) is 37.1 Å². The van der Waals surface area contributed by atoms with E-state index in [0.29, 0.717) is 11.5 Å². The van der Waals surface area contributed by atoms with E-state index < -0.39 is 0 Å². The highest BCUT2D eigenvalue weighted by molar-refractivity contribution is 4.96. The molecule has 2 aliphatic rings. The summed E-state index contributed by atoms with van der Waals surface area (Å²) in [6, 6.07) is 1.61. The molecule has 2 saturated carbocycles. The summed E-state index contributed by atoms with van der Waals surface area (Å²) in [4.78, 5) is 2.49. The minimum atomic E-state index is 0.623. The second kappa shape index (κ2) is 3.82. The van der Waals surface area contributed by atoms with Crippen LogP contribution in [0.25, 0.3) is 0 Å². The predicted molar refractivity (Wildman–Crippen MR) is 60.5 cm³/mol. The van der Waals surface area contributed by atoms with Gasteiger partial charge in [0.2, 0.25) is 0 Å². The van der Waals surface area contributed by atoms with Crippen molar-refractivity contribution < 1.29 is 0 Å². The molecular formula is C12H24N2. The van der Waals surface area contributed by atoms with E-state index in [0.717, 1.165) is 12.6 Å². The molecule has 1 atom stereocenters. The van der Waals surface area contributed by atoms with Crippen LogP contribution in [0.4, 0.5) is 0 Å². The average molecular weight is 196 g/mol. The quantitative estimate of drug-likeness (QED) is 0.697. The maximum absolute atomic E-state index is 3.66. The van der Waals surface area contributed by atoms with Crippen LogP contribution in [0.15, 0.2) is 0 Å². The summed E-state index contributed by atoms with van der Waals surface area (Å²) < 4.78 is 0. The molecule has 0 spiro atoms. The van der Waals surface area contributed by atoms with Crippen molar-refractivity contribution in [2.45, 2.75) is 51.6 Å². The Morgan fingerprint density at radius 2 is 2.07 bits per heavy atom. The largest absolute Gasteiger partial charge is 0.312 e. The second-order valence-corrected chi connectivity index (χ2v) is 5.54. The average Bonchev–Trinajstić information content (AvgIpc) is 2.97. The molecule has 1 N–H and O–H groups in total. The Bertz CT molecular complexity index is 194. The lowest BCUT2D eigenvalue weighted by Crippen LogP contribution is -2.38. The predicted octanol–water partition coefficient (Wildman–Crippen LogP) is 1.86. The first-order chi connectivity index (χ1) is 6.62. The summed E-state index contributed by atoms with van der Waals surface area (Å²) in [5.41, 5.74) is 0.623. The van der Waals surface area contributed by atoms with Gasteiger partial charge in [0.05, 0.1) is 0 Å². The number of hydrogen-bond donors (Lipinski definition) is 1. The summed E-state index contributed by atoms with van der Waals surface area (Å²) in [5.74, 6) is 0. The lowest BCUT2D eigenvalue weighted by atomic mass is 10.0. The highest BCUT2D eigenvalue weighted by Gasteiger charge is 2.42. The molecule has 2 rings (SSSR count). The van der Waals surface area contributed by atoms with Crippen LogP contribution in [0.5, 0.6) is 0 Å². The summed E-state index contributed by atoms with van der Waals surface area (Å²) in [5, 5.41) is 3.66. The third-order valence-electron chi connectivity index (χ3n) is 4.17. The summed E-state index contributed by atoms with van der Waals surface area (Å²) in [6.07, 6.45) is 5.67. The minimum Gasteiger partial charge on any atom is -0.312 e. The first-order valence-electron chi connectivity index (χ1n) is 6.05. The lowest BCUT2D eigenvalue weighted by Gasteiger charge is -2.22. The van der Waals surface area contributed by atoms with Gasteiger partial charge in [-0.2, -0.15) is 0 Å². The third-order valence-corrected chi connectivity index (χ3v) is 4.17. The minimum absolute atomic E-state index is 0.623. The molecule has 0 saturated heterocycles. The SMILES string of the molecule is CC(NCCN(C)C1CC1)C1(C)CC1. The molecule has 0 aliphatic heterocycles. The molecule has 0 bridgehead atoms.